The molecule has 100 valence electrons. The fourth-order valence-corrected chi connectivity index (χ4v) is 2.46. The average Bonchev–Trinajstić information content (AvgIpc) is 2.78. The van der Waals surface area contributed by atoms with Crippen LogP contribution in [0.4, 0.5) is 4.39 Å². The van der Waals surface area contributed by atoms with E-state index in [9.17, 15) is 9.18 Å². The van der Waals surface area contributed by atoms with Crippen molar-refractivity contribution in [2.24, 2.45) is 0 Å². The molecule has 0 amide bonds. The number of carbonyl (C=O) groups excluding carboxylic acids is 1. The Labute approximate surface area is 115 Å². The van der Waals surface area contributed by atoms with Gasteiger partial charge in [0, 0.05) is 10.9 Å². The molecule has 0 bridgehead atoms. The molecule has 2 aromatic carbocycles. The largest absolute Gasteiger partial charge is 0.466 e. The van der Waals surface area contributed by atoms with Crippen LogP contribution in [-0.4, -0.2) is 5.78 Å². The third-order valence-electron chi connectivity index (χ3n) is 3.40. The highest BCUT2D eigenvalue weighted by atomic mass is 19.1. The highest BCUT2D eigenvalue weighted by Gasteiger charge is 2.18. The van der Waals surface area contributed by atoms with Crippen LogP contribution in [0.25, 0.3) is 10.8 Å². The van der Waals surface area contributed by atoms with Crippen LogP contribution in [-0.2, 0) is 0 Å². The molecule has 0 atom stereocenters. The zero-order valence-electron chi connectivity index (χ0n) is 11.2. The van der Waals surface area contributed by atoms with Gasteiger partial charge in [0.1, 0.15) is 17.3 Å². The normalized spacial score (nSPS) is 10.9. The van der Waals surface area contributed by atoms with Crippen LogP contribution >= 0.6 is 0 Å². The van der Waals surface area contributed by atoms with Gasteiger partial charge in [0.2, 0.25) is 0 Å². The summed E-state index contributed by atoms with van der Waals surface area (Å²) in [5, 5.41) is 1.08. The van der Waals surface area contributed by atoms with Crippen LogP contribution in [0, 0.1) is 19.7 Å². The molecule has 0 N–H and O–H groups in total. The summed E-state index contributed by atoms with van der Waals surface area (Å²) in [6, 6.07) is 11.6. The zero-order chi connectivity index (χ0) is 14.3. The molecule has 0 fully saturated rings. The molecule has 3 aromatic rings. The van der Waals surface area contributed by atoms with E-state index in [1.54, 1.807) is 44.2 Å². The van der Waals surface area contributed by atoms with E-state index in [0.717, 1.165) is 0 Å². The molecule has 2 nitrogen and oxygen atoms in total. The molecular weight excluding hydrogens is 255 g/mol. The van der Waals surface area contributed by atoms with E-state index in [0.29, 0.717) is 33.4 Å². The summed E-state index contributed by atoms with van der Waals surface area (Å²) >= 11 is 0. The topological polar surface area (TPSA) is 30.2 Å². The van der Waals surface area contributed by atoms with Gasteiger partial charge in [0.25, 0.3) is 0 Å². The van der Waals surface area contributed by atoms with Crippen molar-refractivity contribution < 1.29 is 13.6 Å². The number of hydrogen-bond acceptors (Lipinski definition) is 2. The molecule has 1 heterocycles. The molecule has 0 aliphatic rings. The van der Waals surface area contributed by atoms with Crippen molar-refractivity contribution in [3.05, 3.63) is 70.9 Å². The highest BCUT2D eigenvalue weighted by molar-refractivity contribution is 6.16. The van der Waals surface area contributed by atoms with Crippen LogP contribution in [0.1, 0.15) is 27.4 Å². The number of fused-ring (bicyclic) bond motifs is 1. The third kappa shape index (κ3) is 1.92. The van der Waals surface area contributed by atoms with E-state index in [4.69, 9.17) is 4.42 Å². The van der Waals surface area contributed by atoms with Gasteiger partial charge >= 0.3 is 0 Å². The number of rotatable bonds is 2. The van der Waals surface area contributed by atoms with E-state index in [1.807, 2.05) is 0 Å². The average molecular weight is 268 g/mol. The molecule has 0 saturated carbocycles. The monoisotopic (exact) mass is 268 g/mol. The number of hydrogen-bond donors (Lipinski definition) is 0. The summed E-state index contributed by atoms with van der Waals surface area (Å²) in [6.45, 7) is 3.55. The molecule has 0 radical (unpaired) electrons. The second kappa shape index (κ2) is 4.60. The Morgan fingerprint density at radius 2 is 1.70 bits per heavy atom. The van der Waals surface area contributed by atoms with Crippen molar-refractivity contribution in [2.45, 2.75) is 13.8 Å². The van der Waals surface area contributed by atoms with E-state index in [-0.39, 0.29) is 11.6 Å². The Morgan fingerprint density at radius 3 is 2.35 bits per heavy atom. The van der Waals surface area contributed by atoms with Gasteiger partial charge in [0.15, 0.2) is 5.78 Å². The molecular formula is C17H13FO2. The number of carbonyl (C=O) groups is 1. The van der Waals surface area contributed by atoms with Gasteiger partial charge in [-0.05, 0) is 37.4 Å². The number of ketones is 1. The number of aryl methyl sites for hydroxylation is 2. The summed E-state index contributed by atoms with van der Waals surface area (Å²) in [7, 11) is 0. The van der Waals surface area contributed by atoms with Crippen molar-refractivity contribution >= 4 is 16.6 Å². The van der Waals surface area contributed by atoms with E-state index in [2.05, 4.69) is 0 Å². The predicted octanol–water partition coefficient (Wildman–Crippen LogP) is 4.42. The van der Waals surface area contributed by atoms with Crippen molar-refractivity contribution in [3.63, 3.8) is 0 Å². The molecule has 20 heavy (non-hydrogen) atoms. The van der Waals surface area contributed by atoms with Crippen LogP contribution in [0.15, 0.2) is 46.9 Å². The van der Waals surface area contributed by atoms with Crippen LogP contribution in [0.3, 0.4) is 0 Å². The molecule has 0 saturated heterocycles. The minimum Gasteiger partial charge on any atom is -0.466 e. The van der Waals surface area contributed by atoms with E-state index >= 15 is 0 Å². The van der Waals surface area contributed by atoms with Crippen LogP contribution < -0.4 is 0 Å². The maximum Gasteiger partial charge on any atom is 0.197 e. The standard InChI is InChI=1S/C17H13FO2/c1-10-9-15(11(2)20-10)17(19)14-7-8-16(18)13-6-4-3-5-12(13)14/h3-9H,1-2H3. The Bertz CT molecular complexity index is 815. The Balaban J connectivity index is 2.23. The maximum absolute atomic E-state index is 13.8. The molecule has 3 rings (SSSR count). The van der Waals surface area contributed by atoms with Crippen molar-refractivity contribution in [3.8, 4) is 0 Å². The third-order valence-corrected chi connectivity index (χ3v) is 3.40. The quantitative estimate of drug-likeness (QED) is 0.644. The van der Waals surface area contributed by atoms with Crippen molar-refractivity contribution in [1.29, 1.82) is 0 Å². The van der Waals surface area contributed by atoms with Gasteiger partial charge in [0.05, 0.1) is 5.56 Å². The fraction of sp³-hybridized carbons (Fsp3) is 0.118. The Kier molecular flexibility index (Phi) is 2.90. The van der Waals surface area contributed by atoms with E-state index in [1.165, 1.54) is 12.1 Å². The van der Waals surface area contributed by atoms with Crippen molar-refractivity contribution in [2.75, 3.05) is 0 Å². The summed E-state index contributed by atoms with van der Waals surface area (Å²) < 4.78 is 19.2. The molecule has 1 aromatic heterocycles. The van der Waals surface area contributed by atoms with Gasteiger partial charge < -0.3 is 4.42 Å². The molecule has 0 aliphatic heterocycles. The zero-order valence-corrected chi connectivity index (χ0v) is 11.2. The summed E-state index contributed by atoms with van der Waals surface area (Å²) in [4.78, 5) is 12.6. The second-order valence-electron chi connectivity index (χ2n) is 4.80. The first kappa shape index (κ1) is 12.6. The lowest BCUT2D eigenvalue weighted by Gasteiger charge is -2.06. The van der Waals surface area contributed by atoms with Gasteiger partial charge in [-0.3, -0.25) is 4.79 Å². The first-order chi connectivity index (χ1) is 9.58. The Morgan fingerprint density at radius 1 is 1.00 bits per heavy atom. The summed E-state index contributed by atoms with van der Waals surface area (Å²) in [5.41, 5.74) is 1.02. The maximum atomic E-state index is 13.8. The lowest BCUT2D eigenvalue weighted by atomic mass is 9.97. The summed E-state index contributed by atoms with van der Waals surface area (Å²) in [6.07, 6.45) is 0. The van der Waals surface area contributed by atoms with Crippen LogP contribution in [0.2, 0.25) is 0 Å². The van der Waals surface area contributed by atoms with E-state index < -0.39 is 0 Å². The molecule has 0 unspecified atom stereocenters. The first-order valence-electron chi connectivity index (χ1n) is 6.37. The second-order valence-corrected chi connectivity index (χ2v) is 4.80. The Hall–Kier alpha value is -2.42. The number of benzene rings is 2. The smallest absolute Gasteiger partial charge is 0.197 e. The highest BCUT2D eigenvalue weighted by Crippen LogP contribution is 2.26. The van der Waals surface area contributed by atoms with Gasteiger partial charge in [-0.25, -0.2) is 4.39 Å². The van der Waals surface area contributed by atoms with Gasteiger partial charge in [-0.15, -0.1) is 0 Å². The molecule has 0 spiro atoms. The molecule has 3 heteroatoms. The van der Waals surface area contributed by atoms with Gasteiger partial charge in [-0.2, -0.15) is 0 Å². The fourth-order valence-electron chi connectivity index (χ4n) is 2.46. The lowest BCUT2D eigenvalue weighted by molar-refractivity contribution is 0.103. The number of furan rings is 1. The summed E-state index contributed by atoms with van der Waals surface area (Å²) in [5.74, 6) is 0.811. The first-order valence-corrected chi connectivity index (χ1v) is 6.37. The van der Waals surface area contributed by atoms with Gasteiger partial charge in [-0.1, -0.05) is 24.3 Å². The van der Waals surface area contributed by atoms with Crippen LogP contribution in [0.5, 0.6) is 0 Å². The molecule has 0 aliphatic carbocycles. The predicted molar refractivity (Wildman–Crippen MR) is 75.5 cm³/mol. The minimum absolute atomic E-state index is 0.143. The number of halogens is 1. The van der Waals surface area contributed by atoms with Crippen molar-refractivity contribution in [1.82, 2.24) is 0 Å². The minimum atomic E-state index is -0.322. The lowest BCUT2D eigenvalue weighted by Crippen LogP contribution is -2.03. The SMILES string of the molecule is Cc1cc(C(=O)c2ccc(F)c3ccccc23)c(C)o1.